The van der Waals surface area contributed by atoms with Crippen LogP contribution in [0.3, 0.4) is 0 Å². The summed E-state index contributed by atoms with van der Waals surface area (Å²) < 4.78 is 24.2. The van der Waals surface area contributed by atoms with Crippen molar-refractivity contribution in [1.29, 1.82) is 0 Å². The second-order valence-electron chi connectivity index (χ2n) is 4.35. The highest BCUT2D eigenvalue weighted by molar-refractivity contribution is 7.88. The molecular formula is C12H16ClN3O2S. The fourth-order valence-corrected chi connectivity index (χ4v) is 2.50. The van der Waals surface area contributed by atoms with Crippen molar-refractivity contribution in [2.45, 2.75) is 6.54 Å². The summed E-state index contributed by atoms with van der Waals surface area (Å²) in [6.07, 6.45) is 3.08. The summed E-state index contributed by atoms with van der Waals surface area (Å²) in [5, 5.41) is 5.01. The zero-order valence-electron chi connectivity index (χ0n) is 10.5. The van der Waals surface area contributed by atoms with E-state index in [2.05, 4.69) is 15.0 Å². The molecular weight excluding hydrogens is 286 g/mol. The lowest BCUT2D eigenvalue weighted by Gasteiger charge is -2.04. The number of H-pyrrole nitrogens is 1. The molecule has 0 saturated carbocycles. The molecule has 19 heavy (non-hydrogen) atoms. The summed E-state index contributed by atoms with van der Waals surface area (Å²) in [5.41, 5.74) is 2.13. The first-order valence-corrected chi connectivity index (χ1v) is 8.13. The number of halogens is 1. The zero-order chi connectivity index (χ0) is 13.9. The Hall–Kier alpha value is -1.08. The lowest BCUT2D eigenvalue weighted by atomic mass is 10.2. The van der Waals surface area contributed by atoms with E-state index in [-0.39, 0.29) is 0 Å². The van der Waals surface area contributed by atoms with E-state index in [4.69, 9.17) is 11.6 Å². The molecule has 1 aromatic carbocycles. The van der Waals surface area contributed by atoms with E-state index in [1.807, 2.05) is 24.4 Å². The second-order valence-corrected chi connectivity index (χ2v) is 6.62. The maximum Gasteiger partial charge on any atom is 0.208 e. The lowest BCUT2D eigenvalue weighted by molar-refractivity contribution is 0.582. The van der Waals surface area contributed by atoms with Gasteiger partial charge in [-0.05, 0) is 17.7 Å². The number of aromatic nitrogens is 1. The Kier molecular flexibility index (Phi) is 4.46. The summed E-state index contributed by atoms with van der Waals surface area (Å²) in [4.78, 5) is 3.16. The van der Waals surface area contributed by atoms with Crippen LogP contribution in [0.15, 0.2) is 24.4 Å². The highest BCUT2D eigenvalue weighted by atomic mass is 35.5. The molecule has 0 aliphatic carbocycles. The third kappa shape index (κ3) is 4.21. The van der Waals surface area contributed by atoms with Gasteiger partial charge >= 0.3 is 0 Å². The minimum Gasteiger partial charge on any atom is -0.361 e. The molecule has 0 atom stereocenters. The molecule has 0 aliphatic rings. The first kappa shape index (κ1) is 14.3. The molecule has 2 rings (SSSR count). The van der Waals surface area contributed by atoms with Crippen LogP contribution in [-0.2, 0) is 16.6 Å². The zero-order valence-corrected chi connectivity index (χ0v) is 12.1. The van der Waals surface area contributed by atoms with E-state index in [0.717, 1.165) is 22.7 Å². The van der Waals surface area contributed by atoms with E-state index < -0.39 is 10.0 Å². The number of fused-ring (bicyclic) bond motifs is 1. The standard InChI is InChI=1S/C12H16ClN3O2S/c1-19(17,18)16-5-4-14-7-9-8-15-12-6-10(13)2-3-11(9)12/h2-3,6,8,14-16H,4-5,7H2,1H3. The van der Waals surface area contributed by atoms with Gasteiger partial charge in [-0.1, -0.05) is 17.7 Å². The SMILES string of the molecule is CS(=O)(=O)NCCNCc1c[nH]c2cc(Cl)ccc12. The summed E-state index contributed by atoms with van der Waals surface area (Å²) in [6, 6.07) is 5.71. The van der Waals surface area contributed by atoms with Gasteiger partial charge in [-0.15, -0.1) is 0 Å². The summed E-state index contributed by atoms with van der Waals surface area (Å²) in [7, 11) is -3.11. The van der Waals surface area contributed by atoms with Crippen molar-refractivity contribution in [2.24, 2.45) is 0 Å². The van der Waals surface area contributed by atoms with Crippen LogP contribution in [0.5, 0.6) is 0 Å². The minimum absolute atomic E-state index is 0.382. The number of sulfonamides is 1. The van der Waals surface area contributed by atoms with Crippen LogP contribution in [0.25, 0.3) is 10.9 Å². The van der Waals surface area contributed by atoms with Crippen molar-refractivity contribution >= 4 is 32.5 Å². The van der Waals surface area contributed by atoms with E-state index >= 15 is 0 Å². The predicted molar refractivity (Wildman–Crippen MR) is 77.9 cm³/mol. The van der Waals surface area contributed by atoms with Crippen LogP contribution in [0.1, 0.15) is 5.56 Å². The Bertz CT molecular complexity index is 667. The average molecular weight is 302 g/mol. The van der Waals surface area contributed by atoms with Gasteiger partial charge in [0, 0.05) is 41.8 Å². The number of rotatable bonds is 6. The van der Waals surface area contributed by atoms with E-state index in [0.29, 0.717) is 24.7 Å². The molecule has 0 amide bonds. The Labute approximate surface area is 117 Å². The molecule has 0 saturated heterocycles. The number of nitrogens with one attached hydrogen (secondary N) is 3. The molecule has 3 N–H and O–H groups in total. The Morgan fingerprint density at radius 3 is 2.84 bits per heavy atom. The Morgan fingerprint density at radius 1 is 1.32 bits per heavy atom. The first-order valence-electron chi connectivity index (χ1n) is 5.86. The fourth-order valence-electron chi connectivity index (χ4n) is 1.85. The normalized spacial score (nSPS) is 12.1. The third-order valence-corrected chi connectivity index (χ3v) is 3.67. The van der Waals surface area contributed by atoms with Crippen LogP contribution in [0, 0.1) is 0 Å². The van der Waals surface area contributed by atoms with Gasteiger partial charge in [0.15, 0.2) is 0 Å². The van der Waals surface area contributed by atoms with Crippen molar-refractivity contribution in [3.63, 3.8) is 0 Å². The highest BCUT2D eigenvalue weighted by Gasteiger charge is 2.04. The topological polar surface area (TPSA) is 74.0 Å². The first-order chi connectivity index (χ1) is 8.96. The number of hydrogen-bond acceptors (Lipinski definition) is 3. The molecule has 104 valence electrons. The largest absolute Gasteiger partial charge is 0.361 e. The summed E-state index contributed by atoms with van der Waals surface area (Å²) >= 11 is 5.92. The monoisotopic (exact) mass is 301 g/mol. The van der Waals surface area contributed by atoms with Gasteiger partial charge in [-0.25, -0.2) is 13.1 Å². The maximum atomic E-state index is 10.9. The molecule has 0 unspecified atom stereocenters. The van der Waals surface area contributed by atoms with E-state index in [9.17, 15) is 8.42 Å². The number of aromatic amines is 1. The van der Waals surface area contributed by atoms with Gasteiger partial charge in [0.1, 0.15) is 0 Å². The van der Waals surface area contributed by atoms with Crippen LogP contribution in [0.4, 0.5) is 0 Å². The van der Waals surface area contributed by atoms with Crippen molar-refractivity contribution in [1.82, 2.24) is 15.0 Å². The summed E-state index contributed by atoms with van der Waals surface area (Å²) in [5.74, 6) is 0. The van der Waals surface area contributed by atoms with Crippen molar-refractivity contribution in [2.75, 3.05) is 19.3 Å². The third-order valence-electron chi connectivity index (χ3n) is 2.71. The average Bonchev–Trinajstić information content (AvgIpc) is 2.69. The Balaban J connectivity index is 1.88. The van der Waals surface area contributed by atoms with Gasteiger partial charge in [0.2, 0.25) is 10.0 Å². The molecule has 0 radical (unpaired) electrons. The predicted octanol–water partition coefficient (Wildman–Crippen LogP) is 1.46. The molecule has 1 aromatic heterocycles. The summed E-state index contributed by atoms with van der Waals surface area (Å²) in [6.45, 7) is 1.63. The smallest absolute Gasteiger partial charge is 0.208 e. The van der Waals surface area contributed by atoms with Crippen molar-refractivity contribution < 1.29 is 8.42 Å². The van der Waals surface area contributed by atoms with Gasteiger partial charge in [0.25, 0.3) is 0 Å². The van der Waals surface area contributed by atoms with Gasteiger partial charge in [0.05, 0.1) is 6.26 Å². The van der Waals surface area contributed by atoms with Gasteiger partial charge in [-0.3, -0.25) is 0 Å². The van der Waals surface area contributed by atoms with Crippen molar-refractivity contribution in [3.8, 4) is 0 Å². The quantitative estimate of drug-likeness (QED) is 0.707. The highest BCUT2D eigenvalue weighted by Crippen LogP contribution is 2.21. The fraction of sp³-hybridized carbons (Fsp3) is 0.333. The van der Waals surface area contributed by atoms with Gasteiger partial charge in [-0.2, -0.15) is 0 Å². The maximum absolute atomic E-state index is 10.9. The molecule has 1 heterocycles. The molecule has 0 aliphatic heterocycles. The van der Waals surface area contributed by atoms with E-state index in [1.54, 1.807) is 0 Å². The molecule has 5 nitrogen and oxygen atoms in total. The second kappa shape index (κ2) is 5.92. The van der Waals surface area contributed by atoms with Crippen LogP contribution >= 0.6 is 11.6 Å². The minimum atomic E-state index is -3.11. The Morgan fingerprint density at radius 2 is 2.11 bits per heavy atom. The van der Waals surface area contributed by atoms with Crippen LogP contribution < -0.4 is 10.0 Å². The molecule has 7 heteroatoms. The number of hydrogen-bond donors (Lipinski definition) is 3. The van der Waals surface area contributed by atoms with Gasteiger partial charge < -0.3 is 10.3 Å². The lowest BCUT2D eigenvalue weighted by Crippen LogP contribution is -2.30. The molecule has 0 fully saturated rings. The number of benzene rings is 1. The van der Waals surface area contributed by atoms with Crippen molar-refractivity contribution in [3.05, 3.63) is 35.0 Å². The van der Waals surface area contributed by atoms with Crippen LogP contribution in [-0.4, -0.2) is 32.7 Å². The molecule has 0 bridgehead atoms. The van der Waals surface area contributed by atoms with Crippen LogP contribution in [0.2, 0.25) is 5.02 Å². The molecule has 0 spiro atoms. The van der Waals surface area contributed by atoms with E-state index in [1.165, 1.54) is 0 Å². The molecule has 2 aromatic rings.